The molecule has 1 aliphatic rings. The SMILES string of the molecule is CC(c1ccccc1)N1CC(COC(=O)c2ccccc2)C(NC(=O)OC(C)(C)C)C1. The van der Waals surface area contributed by atoms with Crippen LogP contribution in [0, 0.1) is 5.92 Å². The largest absolute Gasteiger partial charge is 0.462 e. The van der Waals surface area contributed by atoms with Gasteiger partial charge in [-0.25, -0.2) is 9.59 Å². The number of carbonyl (C=O) groups is 2. The molecule has 6 nitrogen and oxygen atoms in total. The number of likely N-dealkylation sites (tertiary alicyclic amines) is 1. The number of hydrogen-bond acceptors (Lipinski definition) is 5. The predicted octanol–water partition coefficient (Wildman–Crippen LogP) is 4.43. The van der Waals surface area contributed by atoms with Gasteiger partial charge < -0.3 is 14.8 Å². The normalized spacial score (nSPS) is 20.1. The van der Waals surface area contributed by atoms with Crippen LogP contribution in [0.2, 0.25) is 0 Å². The summed E-state index contributed by atoms with van der Waals surface area (Å²) in [7, 11) is 0. The molecule has 3 rings (SSSR count). The van der Waals surface area contributed by atoms with E-state index in [4.69, 9.17) is 9.47 Å². The first-order chi connectivity index (χ1) is 14.7. The lowest BCUT2D eigenvalue weighted by Crippen LogP contribution is -2.44. The number of alkyl carbamates (subject to hydrolysis) is 1. The number of nitrogens with zero attached hydrogens (tertiary/aromatic N) is 1. The van der Waals surface area contributed by atoms with E-state index in [1.807, 2.05) is 57.2 Å². The van der Waals surface area contributed by atoms with Crippen molar-refractivity contribution in [2.24, 2.45) is 5.92 Å². The highest BCUT2D eigenvalue weighted by molar-refractivity contribution is 5.89. The number of rotatable bonds is 6. The molecule has 0 bridgehead atoms. The van der Waals surface area contributed by atoms with Crippen molar-refractivity contribution < 1.29 is 19.1 Å². The summed E-state index contributed by atoms with van der Waals surface area (Å²) in [4.78, 5) is 27.1. The maximum atomic E-state index is 12.4. The minimum Gasteiger partial charge on any atom is -0.462 e. The second-order valence-electron chi connectivity index (χ2n) is 9.02. The Morgan fingerprint density at radius 1 is 1.03 bits per heavy atom. The summed E-state index contributed by atoms with van der Waals surface area (Å²) in [5.41, 5.74) is 1.15. The van der Waals surface area contributed by atoms with Crippen molar-refractivity contribution >= 4 is 12.1 Å². The van der Waals surface area contributed by atoms with Crippen LogP contribution >= 0.6 is 0 Å². The van der Waals surface area contributed by atoms with Crippen molar-refractivity contribution in [3.05, 3.63) is 71.8 Å². The zero-order chi connectivity index (χ0) is 22.4. The van der Waals surface area contributed by atoms with Crippen LogP contribution in [-0.4, -0.2) is 48.3 Å². The molecule has 1 heterocycles. The van der Waals surface area contributed by atoms with Gasteiger partial charge in [-0.05, 0) is 45.4 Å². The first kappa shape index (κ1) is 22.8. The number of benzene rings is 2. The summed E-state index contributed by atoms with van der Waals surface area (Å²) in [6, 6.07) is 19.2. The Balaban J connectivity index is 1.68. The Bertz CT molecular complexity index is 864. The molecule has 0 saturated carbocycles. The third kappa shape index (κ3) is 6.56. The predicted molar refractivity (Wildman–Crippen MR) is 120 cm³/mol. The van der Waals surface area contributed by atoms with Crippen LogP contribution in [0.1, 0.15) is 49.7 Å². The molecule has 166 valence electrons. The fourth-order valence-corrected chi connectivity index (χ4v) is 3.79. The standard InChI is InChI=1S/C25H32N2O4/c1-18(19-11-7-5-8-12-19)27-15-21(17-30-23(28)20-13-9-6-10-14-20)22(16-27)26-24(29)31-25(2,3)4/h5-14,18,21-22H,15-17H2,1-4H3,(H,26,29). The van der Waals surface area contributed by atoms with Crippen molar-refractivity contribution in [2.75, 3.05) is 19.7 Å². The Labute approximate surface area is 184 Å². The summed E-state index contributed by atoms with van der Waals surface area (Å²) in [5.74, 6) is -0.391. The molecule has 0 aromatic heterocycles. The molecule has 2 aromatic carbocycles. The minimum absolute atomic E-state index is 0.0358. The van der Waals surface area contributed by atoms with Crippen molar-refractivity contribution in [2.45, 2.75) is 45.4 Å². The maximum Gasteiger partial charge on any atom is 0.407 e. The second-order valence-corrected chi connectivity index (χ2v) is 9.02. The molecule has 31 heavy (non-hydrogen) atoms. The molecule has 3 unspecified atom stereocenters. The zero-order valence-corrected chi connectivity index (χ0v) is 18.7. The molecule has 1 aliphatic heterocycles. The number of carbonyl (C=O) groups excluding carboxylic acids is 2. The molecule has 0 spiro atoms. The quantitative estimate of drug-likeness (QED) is 0.695. The smallest absolute Gasteiger partial charge is 0.407 e. The minimum atomic E-state index is -0.574. The van der Waals surface area contributed by atoms with Gasteiger partial charge in [0.1, 0.15) is 5.60 Å². The molecule has 0 aliphatic carbocycles. The molecular formula is C25H32N2O4. The van der Waals surface area contributed by atoms with Gasteiger partial charge in [0, 0.05) is 25.0 Å². The second kappa shape index (κ2) is 9.96. The van der Waals surface area contributed by atoms with E-state index in [2.05, 4.69) is 29.3 Å². The van der Waals surface area contributed by atoms with Gasteiger partial charge in [0.2, 0.25) is 0 Å². The highest BCUT2D eigenvalue weighted by atomic mass is 16.6. The van der Waals surface area contributed by atoms with E-state index in [-0.39, 0.29) is 30.6 Å². The zero-order valence-electron chi connectivity index (χ0n) is 18.7. The Kier molecular flexibility index (Phi) is 7.33. The maximum absolute atomic E-state index is 12.4. The highest BCUT2D eigenvalue weighted by Gasteiger charge is 2.37. The van der Waals surface area contributed by atoms with Crippen LogP contribution in [0.25, 0.3) is 0 Å². The molecule has 1 N–H and O–H groups in total. The van der Waals surface area contributed by atoms with Gasteiger partial charge >= 0.3 is 12.1 Å². The molecule has 1 saturated heterocycles. The summed E-state index contributed by atoms with van der Waals surface area (Å²) >= 11 is 0. The van der Waals surface area contributed by atoms with Crippen molar-refractivity contribution in [3.63, 3.8) is 0 Å². The van der Waals surface area contributed by atoms with Crippen molar-refractivity contribution in [3.8, 4) is 0 Å². The van der Waals surface area contributed by atoms with Gasteiger partial charge in [0.05, 0.1) is 18.2 Å². The van der Waals surface area contributed by atoms with Gasteiger partial charge in [0.15, 0.2) is 0 Å². The van der Waals surface area contributed by atoms with Crippen LogP contribution in [0.5, 0.6) is 0 Å². The Hall–Kier alpha value is -2.86. The van der Waals surface area contributed by atoms with E-state index in [1.54, 1.807) is 12.1 Å². The summed E-state index contributed by atoms with van der Waals surface area (Å²) in [6.07, 6.45) is -0.453. The van der Waals surface area contributed by atoms with Gasteiger partial charge in [-0.15, -0.1) is 0 Å². The molecule has 0 radical (unpaired) electrons. The fourth-order valence-electron chi connectivity index (χ4n) is 3.79. The molecule has 2 aromatic rings. The molecule has 3 atom stereocenters. The van der Waals surface area contributed by atoms with Crippen LogP contribution in [0.3, 0.4) is 0 Å². The molecular weight excluding hydrogens is 392 g/mol. The third-order valence-electron chi connectivity index (χ3n) is 5.44. The van der Waals surface area contributed by atoms with Gasteiger partial charge in [0.25, 0.3) is 0 Å². The van der Waals surface area contributed by atoms with E-state index in [1.165, 1.54) is 5.56 Å². The summed E-state index contributed by atoms with van der Waals surface area (Å²) in [5, 5.41) is 2.99. The lowest BCUT2D eigenvalue weighted by molar-refractivity contribution is 0.0397. The first-order valence-electron chi connectivity index (χ1n) is 10.7. The third-order valence-corrected chi connectivity index (χ3v) is 5.44. The van der Waals surface area contributed by atoms with E-state index >= 15 is 0 Å². The van der Waals surface area contributed by atoms with Crippen LogP contribution < -0.4 is 5.32 Å². The van der Waals surface area contributed by atoms with Crippen molar-refractivity contribution in [1.29, 1.82) is 0 Å². The van der Waals surface area contributed by atoms with Gasteiger partial charge in [-0.2, -0.15) is 0 Å². The van der Waals surface area contributed by atoms with Crippen LogP contribution in [-0.2, 0) is 9.47 Å². The number of hydrogen-bond donors (Lipinski definition) is 1. The number of amides is 1. The molecule has 1 amide bonds. The monoisotopic (exact) mass is 424 g/mol. The van der Waals surface area contributed by atoms with Crippen LogP contribution in [0.4, 0.5) is 4.79 Å². The average Bonchev–Trinajstić information content (AvgIpc) is 3.13. The van der Waals surface area contributed by atoms with E-state index < -0.39 is 11.7 Å². The van der Waals surface area contributed by atoms with Gasteiger partial charge in [-0.1, -0.05) is 48.5 Å². The van der Waals surface area contributed by atoms with Gasteiger partial charge in [-0.3, -0.25) is 4.90 Å². The lowest BCUT2D eigenvalue weighted by atomic mass is 10.1. The Morgan fingerprint density at radius 2 is 1.65 bits per heavy atom. The number of nitrogens with one attached hydrogen (secondary N) is 1. The average molecular weight is 425 g/mol. The van der Waals surface area contributed by atoms with E-state index in [0.717, 1.165) is 0 Å². The van der Waals surface area contributed by atoms with Crippen LogP contribution in [0.15, 0.2) is 60.7 Å². The van der Waals surface area contributed by atoms with E-state index in [9.17, 15) is 9.59 Å². The molecule has 1 fully saturated rings. The number of ether oxygens (including phenoxy) is 2. The molecule has 6 heteroatoms. The summed E-state index contributed by atoms with van der Waals surface area (Å²) < 4.78 is 11.0. The van der Waals surface area contributed by atoms with Crippen molar-refractivity contribution in [1.82, 2.24) is 10.2 Å². The fraction of sp³-hybridized carbons (Fsp3) is 0.440. The Morgan fingerprint density at radius 3 is 2.26 bits per heavy atom. The summed E-state index contributed by atoms with van der Waals surface area (Å²) in [6.45, 7) is 9.25. The first-order valence-corrected chi connectivity index (χ1v) is 10.7. The lowest BCUT2D eigenvalue weighted by Gasteiger charge is -2.25. The van der Waals surface area contributed by atoms with E-state index in [0.29, 0.717) is 18.7 Å². The topological polar surface area (TPSA) is 67.9 Å². The number of esters is 1. The highest BCUT2D eigenvalue weighted by Crippen LogP contribution is 2.28.